The third-order valence-corrected chi connectivity index (χ3v) is 4.07. The average molecular weight is 355 g/mol. The minimum atomic E-state index is 0.650. The summed E-state index contributed by atoms with van der Waals surface area (Å²) in [4.78, 5) is 0. The topological polar surface area (TPSA) is 0 Å². The van der Waals surface area contributed by atoms with E-state index in [1.165, 1.54) is 34.3 Å². The van der Waals surface area contributed by atoms with Crippen LogP contribution in [0, 0.1) is 25.7 Å². The molecule has 0 N–H and O–H groups in total. The van der Waals surface area contributed by atoms with Gasteiger partial charge in [0.25, 0.3) is 0 Å². The molecule has 0 fully saturated rings. The van der Waals surface area contributed by atoms with Crippen LogP contribution < -0.4 is 0 Å². The number of hydrogen-bond acceptors (Lipinski definition) is 0. The van der Waals surface area contributed by atoms with Crippen molar-refractivity contribution in [2.75, 3.05) is 0 Å². The third-order valence-electron chi connectivity index (χ3n) is 4.07. The lowest BCUT2D eigenvalue weighted by Gasteiger charge is -2.09. The van der Waals surface area contributed by atoms with Crippen LogP contribution in [0.2, 0.25) is 0 Å². The van der Waals surface area contributed by atoms with Gasteiger partial charge in [-0.1, -0.05) is 75.8 Å². The van der Waals surface area contributed by atoms with E-state index in [2.05, 4.69) is 92.3 Å². The molecule has 1 aromatic carbocycles. The Kier molecular flexibility index (Phi) is 19.7. The van der Waals surface area contributed by atoms with Gasteiger partial charge in [-0.3, -0.25) is 0 Å². The van der Waals surface area contributed by atoms with Gasteiger partial charge < -0.3 is 0 Å². The molecule has 26 heavy (non-hydrogen) atoms. The molecule has 1 aromatic rings. The van der Waals surface area contributed by atoms with Crippen molar-refractivity contribution in [3.8, 4) is 12.8 Å². The van der Waals surface area contributed by atoms with Gasteiger partial charge in [0.2, 0.25) is 0 Å². The number of rotatable bonds is 6. The van der Waals surface area contributed by atoms with E-state index in [0.717, 1.165) is 18.4 Å². The van der Waals surface area contributed by atoms with Gasteiger partial charge in [0.15, 0.2) is 0 Å². The van der Waals surface area contributed by atoms with Crippen LogP contribution in [0.5, 0.6) is 0 Å². The molecule has 1 unspecified atom stereocenters. The molecule has 0 heterocycles. The molecule has 0 saturated carbocycles. The van der Waals surface area contributed by atoms with E-state index in [-0.39, 0.29) is 0 Å². The molecule has 0 aromatic heterocycles. The fourth-order valence-corrected chi connectivity index (χ4v) is 2.28. The van der Waals surface area contributed by atoms with Crippen LogP contribution in [-0.2, 0) is 6.42 Å². The Bertz CT molecular complexity index is 555. The monoisotopic (exact) mass is 354 g/mol. The van der Waals surface area contributed by atoms with Crippen molar-refractivity contribution in [1.29, 1.82) is 0 Å². The number of aryl methyl sites for hydroxylation is 1. The van der Waals surface area contributed by atoms with Gasteiger partial charge in [-0.15, -0.1) is 19.4 Å². The van der Waals surface area contributed by atoms with E-state index in [0.29, 0.717) is 5.92 Å². The highest BCUT2D eigenvalue weighted by atomic mass is 14.1. The summed E-state index contributed by atoms with van der Waals surface area (Å²) in [5.41, 5.74) is 7.84. The van der Waals surface area contributed by atoms with Gasteiger partial charge in [0.05, 0.1) is 0 Å². The van der Waals surface area contributed by atoms with Crippen LogP contribution in [0.1, 0.15) is 78.0 Å². The van der Waals surface area contributed by atoms with Crippen molar-refractivity contribution in [1.82, 2.24) is 0 Å². The maximum Gasteiger partial charge on any atom is -0.0199 e. The molecule has 0 bridgehead atoms. The largest absolute Gasteiger partial charge is 0.124 e. The quantitative estimate of drug-likeness (QED) is 0.355. The van der Waals surface area contributed by atoms with Crippen LogP contribution in [0.3, 0.4) is 0 Å². The van der Waals surface area contributed by atoms with Crippen molar-refractivity contribution in [3.63, 3.8) is 0 Å². The van der Waals surface area contributed by atoms with Crippen molar-refractivity contribution in [3.05, 3.63) is 65.8 Å². The lowest BCUT2D eigenvalue weighted by molar-refractivity contribution is 0.613. The zero-order valence-corrected chi connectivity index (χ0v) is 18.7. The van der Waals surface area contributed by atoms with E-state index in [1.807, 2.05) is 13.8 Å². The Balaban J connectivity index is -0.000000346. The van der Waals surface area contributed by atoms with E-state index in [4.69, 9.17) is 0 Å². The first-order valence-electron chi connectivity index (χ1n) is 9.58. The second kappa shape index (κ2) is 17.8. The number of hydrogen-bond donors (Lipinski definition) is 0. The van der Waals surface area contributed by atoms with Crippen molar-refractivity contribution in [2.24, 2.45) is 5.92 Å². The fraction of sp³-hybridized carbons (Fsp3) is 0.462. The van der Waals surface area contributed by atoms with E-state index >= 15 is 0 Å². The summed E-state index contributed by atoms with van der Waals surface area (Å²) >= 11 is 0. The van der Waals surface area contributed by atoms with E-state index in [9.17, 15) is 0 Å². The van der Waals surface area contributed by atoms with Gasteiger partial charge >= 0.3 is 0 Å². The maximum atomic E-state index is 4.00. The zero-order valence-electron chi connectivity index (χ0n) is 18.7. The molecule has 0 saturated heterocycles. The Hall–Kier alpha value is -2.00. The standard InChI is InChI=1S/C12H16.C10H18.C2H6.C2H2/c1-5-11-10(4)7-6-8-12(11)9(2)3;1-8(2)6-7-10(5)9(3)4;2*1-2/h6-8H,2,5H2,1,3-4H3;10H,1,3,6-7H2,2,4-5H3;1-2H3;1-2H. The SMILES string of the molecule is C#C.C=C(C)CCC(C)C(=C)C.C=C(C)c1cccc(C)c1CC.CC. The first-order valence-corrected chi connectivity index (χ1v) is 9.58. The molecular weight excluding hydrogens is 312 g/mol. The molecular formula is C26H42. The van der Waals surface area contributed by atoms with Crippen molar-refractivity contribution in [2.45, 2.75) is 74.7 Å². The molecule has 0 radical (unpaired) electrons. The van der Waals surface area contributed by atoms with Crippen molar-refractivity contribution >= 4 is 5.57 Å². The van der Waals surface area contributed by atoms with Crippen LogP contribution in [-0.4, -0.2) is 0 Å². The zero-order chi connectivity index (χ0) is 21.3. The number of terminal acetylenes is 1. The van der Waals surface area contributed by atoms with Gasteiger partial charge in [-0.25, -0.2) is 0 Å². The predicted octanol–water partition coefficient (Wildman–Crippen LogP) is 8.42. The summed E-state index contributed by atoms with van der Waals surface area (Å²) in [5, 5.41) is 0. The molecule has 146 valence electrons. The average Bonchev–Trinajstić information content (AvgIpc) is 2.63. The molecule has 0 amide bonds. The summed E-state index contributed by atoms with van der Waals surface area (Å²) in [7, 11) is 0. The molecule has 1 rings (SSSR count). The minimum absolute atomic E-state index is 0.650. The molecule has 0 aliphatic carbocycles. The van der Waals surface area contributed by atoms with Crippen LogP contribution in [0.25, 0.3) is 5.57 Å². The second-order valence-corrected chi connectivity index (χ2v) is 6.48. The molecule has 0 heteroatoms. The lowest BCUT2D eigenvalue weighted by Crippen LogP contribution is -1.94. The summed E-state index contributed by atoms with van der Waals surface area (Å²) in [5.74, 6) is 0.650. The number of benzene rings is 1. The predicted molar refractivity (Wildman–Crippen MR) is 125 cm³/mol. The highest BCUT2D eigenvalue weighted by Gasteiger charge is 2.02. The minimum Gasteiger partial charge on any atom is -0.124 e. The van der Waals surface area contributed by atoms with Gasteiger partial charge in [-0.05, 0) is 69.6 Å². The van der Waals surface area contributed by atoms with Gasteiger partial charge in [-0.2, -0.15) is 0 Å². The molecule has 0 nitrogen and oxygen atoms in total. The lowest BCUT2D eigenvalue weighted by atomic mass is 9.96. The van der Waals surface area contributed by atoms with Crippen LogP contribution in [0.4, 0.5) is 0 Å². The summed E-state index contributed by atoms with van der Waals surface area (Å²) in [6, 6.07) is 6.40. The normalized spacial score (nSPS) is 9.77. The number of allylic oxidation sites excluding steroid dienone is 3. The Labute approximate surface area is 165 Å². The van der Waals surface area contributed by atoms with Crippen LogP contribution >= 0.6 is 0 Å². The Morgan fingerprint density at radius 2 is 1.54 bits per heavy atom. The second-order valence-electron chi connectivity index (χ2n) is 6.48. The molecule has 0 spiro atoms. The highest BCUT2D eigenvalue weighted by molar-refractivity contribution is 5.65. The van der Waals surface area contributed by atoms with Crippen molar-refractivity contribution < 1.29 is 0 Å². The molecule has 1 atom stereocenters. The van der Waals surface area contributed by atoms with Crippen LogP contribution in [0.15, 0.2) is 49.1 Å². The maximum absolute atomic E-state index is 4.00. The summed E-state index contributed by atoms with van der Waals surface area (Å²) in [6.45, 7) is 28.5. The summed E-state index contributed by atoms with van der Waals surface area (Å²) < 4.78 is 0. The van der Waals surface area contributed by atoms with E-state index < -0.39 is 0 Å². The molecule has 0 aliphatic rings. The van der Waals surface area contributed by atoms with E-state index in [1.54, 1.807) is 0 Å². The third kappa shape index (κ3) is 13.3. The van der Waals surface area contributed by atoms with Gasteiger partial charge in [0, 0.05) is 0 Å². The fourth-order valence-electron chi connectivity index (χ4n) is 2.28. The highest BCUT2D eigenvalue weighted by Crippen LogP contribution is 2.20. The molecule has 0 aliphatic heterocycles. The Morgan fingerprint density at radius 3 is 1.85 bits per heavy atom. The first-order chi connectivity index (χ1) is 12.2. The first kappa shape index (κ1) is 28.8. The smallest absolute Gasteiger partial charge is 0.0199 e. The summed E-state index contributed by atoms with van der Waals surface area (Å²) in [6.07, 6.45) is 11.4. The van der Waals surface area contributed by atoms with Gasteiger partial charge in [0.1, 0.15) is 0 Å². The Morgan fingerprint density at radius 1 is 1.04 bits per heavy atom.